The summed E-state index contributed by atoms with van der Waals surface area (Å²) in [5.41, 5.74) is 1.78. The molecule has 0 aliphatic carbocycles. The Labute approximate surface area is 226 Å². The van der Waals surface area contributed by atoms with Crippen LogP contribution in [0.5, 0.6) is 0 Å². The number of carbonyl (C=O) groups excluding carboxylic acids is 2. The predicted octanol–water partition coefficient (Wildman–Crippen LogP) is 4.56. The maximum atomic E-state index is 13.9. The summed E-state index contributed by atoms with van der Waals surface area (Å²) in [6.07, 6.45) is 0.523. The van der Waals surface area contributed by atoms with Gasteiger partial charge in [0.1, 0.15) is 12.6 Å². The lowest BCUT2D eigenvalue weighted by molar-refractivity contribution is -0.139. The van der Waals surface area contributed by atoms with Gasteiger partial charge in [-0.2, -0.15) is 0 Å². The van der Waals surface area contributed by atoms with Crippen molar-refractivity contribution < 1.29 is 18.0 Å². The second kappa shape index (κ2) is 12.3. The number of rotatable bonds is 10. The fourth-order valence-corrected chi connectivity index (χ4v) is 5.50. The van der Waals surface area contributed by atoms with E-state index in [1.165, 1.54) is 17.0 Å². The molecule has 38 heavy (non-hydrogen) atoms. The smallest absolute Gasteiger partial charge is 0.264 e. The SMILES string of the molecule is Cc1cccc(N(CC(=O)N(CCc2ccccc2)[C@@H](C)C(=O)NC(C)(C)C)S(=O)(=O)c2ccccc2)c1. The fraction of sp³-hybridized carbons (Fsp3) is 0.333. The van der Waals surface area contributed by atoms with Crippen LogP contribution in [0.25, 0.3) is 0 Å². The average molecular weight is 536 g/mol. The van der Waals surface area contributed by atoms with Crippen molar-refractivity contribution in [3.63, 3.8) is 0 Å². The summed E-state index contributed by atoms with van der Waals surface area (Å²) in [5, 5.41) is 2.94. The van der Waals surface area contributed by atoms with Crippen molar-refractivity contribution in [1.29, 1.82) is 0 Å². The number of amides is 2. The summed E-state index contributed by atoms with van der Waals surface area (Å²) < 4.78 is 28.6. The predicted molar refractivity (Wildman–Crippen MR) is 151 cm³/mol. The molecule has 3 aromatic carbocycles. The topological polar surface area (TPSA) is 86.8 Å². The van der Waals surface area contributed by atoms with Crippen LogP contribution >= 0.6 is 0 Å². The van der Waals surface area contributed by atoms with Crippen LogP contribution in [-0.2, 0) is 26.0 Å². The molecule has 202 valence electrons. The number of nitrogens with zero attached hydrogens (tertiary/aromatic N) is 2. The number of sulfonamides is 1. The van der Waals surface area contributed by atoms with Gasteiger partial charge in [-0.05, 0) is 76.4 Å². The van der Waals surface area contributed by atoms with E-state index in [4.69, 9.17) is 0 Å². The van der Waals surface area contributed by atoms with Gasteiger partial charge < -0.3 is 10.2 Å². The van der Waals surface area contributed by atoms with E-state index in [-0.39, 0.29) is 17.3 Å². The molecule has 0 aliphatic heterocycles. The zero-order chi connectivity index (χ0) is 27.9. The molecule has 0 saturated carbocycles. The third-order valence-electron chi connectivity index (χ3n) is 6.05. The highest BCUT2D eigenvalue weighted by molar-refractivity contribution is 7.92. The number of hydrogen-bond acceptors (Lipinski definition) is 4. The first-order valence-corrected chi connectivity index (χ1v) is 14.1. The summed E-state index contributed by atoms with van der Waals surface area (Å²) in [6.45, 7) is 8.98. The van der Waals surface area contributed by atoms with Crippen LogP contribution in [0.3, 0.4) is 0 Å². The highest BCUT2D eigenvalue weighted by Crippen LogP contribution is 2.25. The Morgan fingerprint density at radius 3 is 2.08 bits per heavy atom. The van der Waals surface area contributed by atoms with E-state index in [9.17, 15) is 18.0 Å². The number of anilines is 1. The number of hydrogen-bond donors (Lipinski definition) is 1. The molecule has 0 aliphatic rings. The van der Waals surface area contributed by atoms with Crippen molar-refractivity contribution in [2.24, 2.45) is 0 Å². The molecule has 0 fully saturated rings. The summed E-state index contributed by atoms with van der Waals surface area (Å²) in [6, 6.07) is 24.0. The fourth-order valence-electron chi connectivity index (χ4n) is 4.08. The second-order valence-electron chi connectivity index (χ2n) is 10.4. The van der Waals surface area contributed by atoms with Crippen molar-refractivity contribution in [2.45, 2.75) is 57.5 Å². The van der Waals surface area contributed by atoms with Gasteiger partial charge in [0, 0.05) is 12.1 Å². The van der Waals surface area contributed by atoms with Crippen molar-refractivity contribution in [3.8, 4) is 0 Å². The number of benzene rings is 3. The Hall–Kier alpha value is -3.65. The number of aryl methyl sites for hydroxylation is 1. The van der Waals surface area contributed by atoms with Crippen LogP contribution in [-0.4, -0.2) is 49.8 Å². The lowest BCUT2D eigenvalue weighted by Crippen LogP contribution is -2.55. The summed E-state index contributed by atoms with van der Waals surface area (Å²) in [5.74, 6) is -0.759. The lowest BCUT2D eigenvalue weighted by Gasteiger charge is -2.33. The van der Waals surface area contributed by atoms with Crippen LogP contribution in [0.4, 0.5) is 5.69 Å². The van der Waals surface area contributed by atoms with E-state index in [0.29, 0.717) is 12.1 Å². The van der Waals surface area contributed by atoms with Crippen molar-refractivity contribution >= 4 is 27.5 Å². The minimum atomic E-state index is -4.06. The molecule has 0 radical (unpaired) electrons. The number of carbonyl (C=O) groups is 2. The lowest BCUT2D eigenvalue weighted by atomic mass is 10.1. The minimum absolute atomic E-state index is 0.0867. The van der Waals surface area contributed by atoms with Gasteiger partial charge in [-0.1, -0.05) is 60.7 Å². The Kier molecular flexibility index (Phi) is 9.33. The first-order valence-electron chi connectivity index (χ1n) is 12.7. The maximum absolute atomic E-state index is 13.9. The Morgan fingerprint density at radius 1 is 0.895 bits per heavy atom. The zero-order valence-electron chi connectivity index (χ0n) is 22.7. The van der Waals surface area contributed by atoms with Gasteiger partial charge in [-0.3, -0.25) is 13.9 Å². The standard InChI is InChI=1S/C30H37N3O4S/c1-23-13-12-16-26(21-23)33(38(36,37)27-17-10-7-11-18-27)22-28(34)32(20-19-25-14-8-6-9-15-25)24(2)29(35)31-30(3,4)5/h6-18,21,24H,19-20,22H2,1-5H3,(H,31,35)/t24-/m0/s1. The third-order valence-corrected chi connectivity index (χ3v) is 7.84. The van der Waals surface area contributed by atoms with Gasteiger partial charge in [0.25, 0.3) is 10.0 Å². The molecule has 0 unspecified atom stereocenters. The molecular weight excluding hydrogens is 498 g/mol. The van der Waals surface area contributed by atoms with Crippen molar-refractivity contribution in [1.82, 2.24) is 10.2 Å². The van der Waals surface area contributed by atoms with Gasteiger partial charge in [0.2, 0.25) is 11.8 Å². The van der Waals surface area contributed by atoms with Gasteiger partial charge in [0.05, 0.1) is 10.6 Å². The van der Waals surface area contributed by atoms with Crippen LogP contribution in [0.1, 0.15) is 38.8 Å². The van der Waals surface area contributed by atoms with Crippen LogP contribution in [0.15, 0.2) is 89.8 Å². The normalized spacial score (nSPS) is 12.4. The molecule has 3 aromatic rings. The Morgan fingerprint density at radius 2 is 1.50 bits per heavy atom. The molecular formula is C30H37N3O4S. The first-order chi connectivity index (χ1) is 17.9. The van der Waals surface area contributed by atoms with Crippen molar-refractivity contribution in [3.05, 3.63) is 96.1 Å². The second-order valence-corrected chi connectivity index (χ2v) is 12.3. The Bertz CT molecular complexity index is 1340. The molecule has 3 rings (SSSR count). The van der Waals surface area contributed by atoms with Crippen LogP contribution < -0.4 is 9.62 Å². The van der Waals surface area contributed by atoms with E-state index in [1.807, 2.05) is 64.1 Å². The molecule has 0 saturated heterocycles. The molecule has 0 heterocycles. The summed E-state index contributed by atoms with van der Waals surface area (Å²) in [7, 11) is -4.06. The minimum Gasteiger partial charge on any atom is -0.350 e. The summed E-state index contributed by atoms with van der Waals surface area (Å²) >= 11 is 0. The highest BCUT2D eigenvalue weighted by Gasteiger charge is 2.33. The number of nitrogens with one attached hydrogen (secondary N) is 1. The third kappa shape index (κ3) is 7.68. The Balaban J connectivity index is 1.97. The summed E-state index contributed by atoms with van der Waals surface area (Å²) in [4.78, 5) is 28.5. The van der Waals surface area contributed by atoms with E-state index in [0.717, 1.165) is 15.4 Å². The van der Waals surface area contributed by atoms with Gasteiger partial charge in [-0.25, -0.2) is 8.42 Å². The largest absolute Gasteiger partial charge is 0.350 e. The van der Waals surface area contributed by atoms with E-state index in [1.54, 1.807) is 43.3 Å². The molecule has 2 amide bonds. The molecule has 0 spiro atoms. The van der Waals surface area contributed by atoms with Gasteiger partial charge in [0.15, 0.2) is 0 Å². The molecule has 0 aromatic heterocycles. The quantitative estimate of drug-likeness (QED) is 0.412. The first kappa shape index (κ1) is 28.9. The maximum Gasteiger partial charge on any atom is 0.264 e. The molecule has 0 bridgehead atoms. The van der Waals surface area contributed by atoms with Crippen LogP contribution in [0.2, 0.25) is 0 Å². The van der Waals surface area contributed by atoms with E-state index in [2.05, 4.69) is 5.32 Å². The monoisotopic (exact) mass is 535 g/mol. The van der Waals surface area contributed by atoms with Crippen molar-refractivity contribution in [2.75, 3.05) is 17.4 Å². The highest BCUT2D eigenvalue weighted by atomic mass is 32.2. The average Bonchev–Trinajstić information content (AvgIpc) is 2.87. The van der Waals surface area contributed by atoms with E-state index >= 15 is 0 Å². The van der Waals surface area contributed by atoms with Crippen LogP contribution in [0, 0.1) is 6.92 Å². The van der Waals surface area contributed by atoms with Gasteiger partial charge >= 0.3 is 0 Å². The van der Waals surface area contributed by atoms with E-state index < -0.39 is 34.1 Å². The molecule has 1 N–H and O–H groups in total. The molecule has 1 atom stereocenters. The molecule has 8 heteroatoms. The van der Waals surface area contributed by atoms with Gasteiger partial charge in [-0.15, -0.1) is 0 Å². The molecule has 7 nitrogen and oxygen atoms in total. The zero-order valence-corrected chi connectivity index (χ0v) is 23.5.